The Labute approximate surface area is 121 Å². The van der Waals surface area contributed by atoms with Gasteiger partial charge in [-0.05, 0) is 6.42 Å². The highest BCUT2D eigenvalue weighted by Gasteiger charge is 2.08. The van der Waals surface area contributed by atoms with Crippen molar-refractivity contribution in [2.45, 2.75) is 19.8 Å². The van der Waals surface area contributed by atoms with Gasteiger partial charge in [-0.3, -0.25) is 4.79 Å². The number of aromatic nitrogens is 3. The number of H-pyrrole nitrogens is 1. The summed E-state index contributed by atoms with van der Waals surface area (Å²) < 4.78 is 0.804. The van der Waals surface area contributed by atoms with Gasteiger partial charge in [-0.25, -0.2) is 4.98 Å². The molecule has 2 rings (SSSR count). The van der Waals surface area contributed by atoms with E-state index in [0.29, 0.717) is 30.8 Å². The largest absolute Gasteiger partial charge is 0.619 e. The fourth-order valence-corrected chi connectivity index (χ4v) is 2.05. The molecule has 2 aromatic rings. The maximum Gasteiger partial charge on any atom is 0.291 e. The van der Waals surface area contributed by atoms with Crippen LogP contribution in [-0.4, -0.2) is 16.5 Å². The molecule has 0 saturated heterocycles. The molecule has 0 saturated carbocycles. The fourth-order valence-electron chi connectivity index (χ4n) is 1.79. The van der Waals surface area contributed by atoms with Crippen molar-refractivity contribution >= 4 is 17.4 Å². The van der Waals surface area contributed by atoms with Crippen LogP contribution < -0.4 is 15.6 Å². The van der Waals surface area contributed by atoms with Crippen molar-refractivity contribution in [3.8, 4) is 0 Å². The first-order valence-electron chi connectivity index (χ1n) is 6.31. The van der Waals surface area contributed by atoms with Gasteiger partial charge in [-0.15, -0.1) is 0 Å². The minimum Gasteiger partial charge on any atom is -0.619 e. The van der Waals surface area contributed by atoms with Crippen LogP contribution in [0.2, 0.25) is 5.15 Å². The number of nitrogens with zero attached hydrogens (tertiary/aromatic N) is 2. The van der Waals surface area contributed by atoms with Crippen molar-refractivity contribution < 1.29 is 4.73 Å². The van der Waals surface area contributed by atoms with E-state index >= 15 is 0 Å². The Morgan fingerprint density at radius 1 is 1.50 bits per heavy atom. The number of aromatic amines is 1. The number of pyridine rings is 1. The minimum absolute atomic E-state index is 0.222. The number of aryl methyl sites for hydroxylation is 1. The molecule has 0 fully saturated rings. The molecule has 0 aromatic carbocycles. The van der Waals surface area contributed by atoms with E-state index in [1.54, 1.807) is 18.2 Å². The zero-order valence-electron chi connectivity index (χ0n) is 11.0. The standard InChI is InChI=1S/C13H15ClN4O2/c1-2-10-11(14)17-13(19)12(16-10)15-7-6-9-5-3-4-8-18(9)20/h3-5,8H,2,6-7H2,1H3,(H,15,16)(H,17,19). The zero-order valence-corrected chi connectivity index (χ0v) is 11.8. The lowest BCUT2D eigenvalue weighted by atomic mass is 10.2. The molecule has 0 aliphatic carbocycles. The average molecular weight is 295 g/mol. The molecular weight excluding hydrogens is 280 g/mol. The van der Waals surface area contributed by atoms with Gasteiger partial charge in [0.05, 0.1) is 12.1 Å². The third-order valence-corrected chi connectivity index (χ3v) is 3.16. The predicted octanol–water partition coefficient (Wildman–Crippen LogP) is 1.27. The molecule has 6 nitrogen and oxygen atoms in total. The predicted molar refractivity (Wildman–Crippen MR) is 76.8 cm³/mol. The van der Waals surface area contributed by atoms with E-state index in [0.717, 1.165) is 4.73 Å². The van der Waals surface area contributed by atoms with Crippen molar-refractivity contribution in [2.24, 2.45) is 0 Å². The molecule has 0 radical (unpaired) electrons. The molecule has 20 heavy (non-hydrogen) atoms. The molecule has 0 atom stereocenters. The van der Waals surface area contributed by atoms with Crippen molar-refractivity contribution in [2.75, 3.05) is 11.9 Å². The van der Waals surface area contributed by atoms with Crippen molar-refractivity contribution in [1.29, 1.82) is 0 Å². The fraction of sp³-hybridized carbons (Fsp3) is 0.308. The Morgan fingerprint density at radius 3 is 3.00 bits per heavy atom. The van der Waals surface area contributed by atoms with Gasteiger partial charge in [-0.1, -0.05) is 24.6 Å². The van der Waals surface area contributed by atoms with Crippen LogP contribution in [0.1, 0.15) is 18.3 Å². The first kappa shape index (κ1) is 14.3. The lowest BCUT2D eigenvalue weighted by Crippen LogP contribution is -2.32. The number of hydrogen-bond acceptors (Lipinski definition) is 4. The maximum atomic E-state index is 11.7. The minimum atomic E-state index is -0.365. The molecule has 0 spiro atoms. The van der Waals surface area contributed by atoms with Crippen LogP contribution in [0.5, 0.6) is 0 Å². The summed E-state index contributed by atoms with van der Waals surface area (Å²) in [6.45, 7) is 2.34. The Kier molecular flexibility index (Phi) is 4.57. The number of halogens is 1. The van der Waals surface area contributed by atoms with Crippen LogP contribution in [-0.2, 0) is 12.8 Å². The lowest BCUT2D eigenvalue weighted by Gasteiger charge is -2.07. The van der Waals surface area contributed by atoms with Gasteiger partial charge in [0.25, 0.3) is 5.56 Å². The average Bonchev–Trinajstić information content (AvgIpc) is 2.43. The van der Waals surface area contributed by atoms with Crippen molar-refractivity contribution in [1.82, 2.24) is 9.97 Å². The van der Waals surface area contributed by atoms with E-state index in [-0.39, 0.29) is 16.5 Å². The van der Waals surface area contributed by atoms with Crippen molar-refractivity contribution in [3.05, 3.63) is 56.5 Å². The summed E-state index contributed by atoms with van der Waals surface area (Å²) in [5.41, 5.74) is 0.892. The first-order valence-corrected chi connectivity index (χ1v) is 6.69. The van der Waals surface area contributed by atoms with Crippen LogP contribution in [0.25, 0.3) is 0 Å². The van der Waals surface area contributed by atoms with E-state index < -0.39 is 0 Å². The molecule has 2 heterocycles. The van der Waals surface area contributed by atoms with E-state index in [9.17, 15) is 10.0 Å². The normalized spacial score (nSPS) is 10.5. The number of nitrogens with one attached hydrogen (secondary N) is 2. The highest BCUT2D eigenvalue weighted by molar-refractivity contribution is 6.30. The van der Waals surface area contributed by atoms with Crippen molar-refractivity contribution in [3.63, 3.8) is 0 Å². The molecule has 0 bridgehead atoms. The molecule has 0 aliphatic heterocycles. The Morgan fingerprint density at radius 2 is 2.30 bits per heavy atom. The summed E-state index contributed by atoms with van der Waals surface area (Å²) in [6, 6.07) is 5.21. The summed E-state index contributed by atoms with van der Waals surface area (Å²) in [4.78, 5) is 18.4. The van der Waals surface area contributed by atoms with Gasteiger partial charge in [0.15, 0.2) is 17.7 Å². The van der Waals surface area contributed by atoms with Gasteiger partial charge in [0, 0.05) is 18.7 Å². The number of rotatable bonds is 5. The third-order valence-electron chi connectivity index (χ3n) is 2.85. The first-order chi connectivity index (χ1) is 9.61. The smallest absolute Gasteiger partial charge is 0.291 e. The molecule has 0 unspecified atom stereocenters. The summed E-state index contributed by atoms with van der Waals surface area (Å²) in [5, 5.41) is 14.7. The quantitative estimate of drug-likeness (QED) is 0.642. The second kappa shape index (κ2) is 6.38. The Bertz CT molecular complexity index is 657. The van der Waals surface area contributed by atoms with Gasteiger partial charge in [-0.2, -0.15) is 4.73 Å². The van der Waals surface area contributed by atoms with Crippen LogP contribution >= 0.6 is 11.6 Å². The van der Waals surface area contributed by atoms with E-state index in [1.165, 1.54) is 6.20 Å². The number of anilines is 1. The van der Waals surface area contributed by atoms with Gasteiger partial charge in [0.2, 0.25) is 0 Å². The highest BCUT2D eigenvalue weighted by atomic mass is 35.5. The van der Waals surface area contributed by atoms with Gasteiger partial charge in [0.1, 0.15) is 5.15 Å². The number of hydrogen-bond donors (Lipinski definition) is 2. The molecule has 2 N–H and O–H groups in total. The second-order valence-corrected chi connectivity index (χ2v) is 4.60. The van der Waals surface area contributed by atoms with Crippen LogP contribution in [0.3, 0.4) is 0 Å². The van der Waals surface area contributed by atoms with E-state index in [1.807, 2.05) is 6.92 Å². The second-order valence-electron chi connectivity index (χ2n) is 4.22. The maximum absolute atomic E-state index is 11.7. The molecule has 0 amide bonds. The third kappa shape index (κ3) is 3.27. The monoisotopic (exact) mass is 294 g/mol. The molecule has 2 aromatic heterocycles. The van der Waals surface area contributed by atoms with Gasteiger partial charge < -0.3 is 15.5 Å². The Balaban J connectivity index is 2.05. The van der Waals surface area contributed by atoms with E-state index in [4.69, 9.17) is 11.6 Å². The topological polar surface area (TPSA) is 84.7 Å². The summed E-state index contributed by atoms with van der Waals surface area (Å²) in [5.74, 6) is 0.222. The van der Waals surface area contributed by atoms with E-state index in [2.05, 4.69) is 15.3 Å². The molecule has 106 valence electrons. The molecule has 7 heteroatoms. The Hall–Kier alpha value is -2.08. The highest BCUT2D eigenvalue weighted by Crippen LogP contribution is 2.10. The zero-order chi connectivity index (χ0) is 14.5. The van der Waals surface area contributed by atoms with Crippen LogP contribution in [0, 0.1) is 5.21 Å². The molecular formula is C13H15ClN4O2. The van der Waals surface area contributed by atoms with Crippen LogP contribution in [0.4, 0.5) is 5.82 Å². The summed E-state index contributed by atoms with van der Waals surface area (Å²) in [7, 11) is 0. The summed E-state index contributed by atoms with van der Waals surface area (Å²) in [6.07, 6.45) is 2.57. The lowest BCUT2D eigenvalue weighted by molar-refractivity contribution is -0.613. The summed E-state index contributed by atoms with van der Waals surface area (Å²) >= 11 is 5.86. The molecule has 0 aliphatic rings. The van der Waals surface area contributed by atoms with Gasteiger partial charge >= 0.3 is 0 Å². The van der Waals surface area contributed by atoms with Crippen LogP contribution in [0.15, 0.2) is 29.2 Å². The SMILES string of the molecule is CCc1nc(NCCc2cccc[n+]2[O-])c(=O)[nH]c1Cl.